The summed E-state index contributed by atoms with van der Waals surface area (Å²) in [5.74, 6) is 1.50. The Labute approximate surface area is 168 Å². The summed E-state index contributed by atoms with van der Waals surface area (Å²) in [6.45, 7) is 5.00. The Morgan fingerprint density at radius 2 is 1.93 bits per heavy atom. The monoisotopic (exact) mass is 396 g/mol. The second-order valence-corrected chi connectivity index (χ2v) is 7.28. The highest BCUT2D eigenvalue weighted by Gasteiger charge is 2.18. The Morgan fingerprint density at radius 1 is 1.11 bits per heavy atom. The number of aromatic nitrogens is 1. The van der Waals surface area contributed by atoms with E-state index in [9.17, 15) is 4.79 Å². The van der Waals surface area contributed by atoms with Crippen LogP contribution in [-0.4, -0.2) is 22.6 Å². The van der Waals surface area contributed by atoms with Crippen molar-refractivity contribution < 1.29 is 14.3 Å². The average Bonchev–Trinajstić information content (AvgIpc) is 3.15. The molecule has 2 heterocycles. The van der Waals surface area contributed by atoms with Gasteiger partial charge in [-0.1, -0.05) is 36.2 Å². The fourth-order valence-electron chi connectivity index (χ4n) is 3.35. The van der Waals surface area contributed by atoms with Gasteiger partial charge in [0.1, 0.15) is 5.15 Å². The number of nitrogens with zero attached hydrogens (tertiary/aromatic N) is 2. The van der Waals surface area contributed by atoms with Gasteiger partial charge in [-0.3, -0.25) is 4.79 Å². The molecule has 0 fully saturated rings. The number of halogens is 1. The van der Waals surface area contributed by atoms with Gasteiger partial charge in [0.2, 0.25) is 12.7 Å². The lowest BCUT2D eigenvalue weighted by molar-refractivity contribution is -0.132. The lowest BCUT2D eigenvalue weighted by Gasteiger charge is -2.23. The van der Waals surface area contributed by atoms with Gasteiger partial charge in [-0.2, -0.15) is 0 Å². The lowest BCUT2D eigenvalue weighted by Crippen LogP contribution is -2.29. The van der Waals surface area contributed by atoms with E-state index in [-0.39, 0.29) is 12.7 Å². The summed E-state index contributed by atoms with van der Waals surface area (Å²) in [5.41, 5.74) is 3.82. The van der Waals surface area contributed by atoms with Crippen molar-refractivity contribution in [1.82, 2.24) is 9.88 Å². The molecule has 1 aliphatic rings. The van der Waals surface area contributed by atoms with Gasteiger partial charge in [-0.15, -0.1) is 0 Å². The van der Waals surface area contributed by atoms with Gasteiger partial charge in [0, 0.05) is 30.5 Å². The molecule has 0 unspecified atom stereocenters. The number of benzene rings is 2. The standard InChI is InChI=1S/C22H21ClN2O3/c1-3-21(26)25(11-15-5-7-19-20(9-15)28-13-27-19)12-17-10-16-8-14(2)4-6-18(16)24-22(17)23/h4-10H,3,11-13H2,1-2H3. The molecule has 1 aliphatic heterocycles. The van der Waals surface area contributed by atoms with Crippen LogP contribution in [0.4, 0.5) is 0 Å². The number of carbonyl (C=O) groups is 1. The predicted molar refractivity (Wildman–Crippen MR) is 109 cm³/mol. The van der Waals surface area contributed by atoms with Crippen LogP contribution in [0, 0.1) is 6.92 Å². The second kappa shape index (κ2) is 7.68. The zero-order valence-corrected chi connectivity index (χ0v) is 16.6. The highest BCUT2D eigenvalue weighted by Crippen LogP contribution is 2.33. The number of hydrogen-bond donors (Lipinski definition) is 0. The molecule has 1 amide bonds. The van der Waals surface area contributed by atoms with Gasteiger partial charge < -0.3 is 14.4 Å². The first-order chi connectivity index (χ1) is 13.5. The van der Waals surface area contributed by atoms with Crippen LogP contribution in [0.25, 0.3) is 10.9 Å². The third-order valence-corrected chi connectivity index (χ3v) is 5.15. The first-order valence-electron chi connectivity index (χ1n) is 9.25. The van der Waals surface area contributed by atoms with E-state index in [1.165, 1.54) is 0 Å². The van der Waals surface area contributed by atoms with E-state index in [1.54, 1.807) is 4.90 Å². The van der Waals surface area contributed by atoms with Crippen molar-refractivity contribution in [2.45, 2.75) is 33.4 Å². The zero-order valence-electron chi connectivity index (χ0n) is 15.9. The van der Waals surface area contributed by atoms with Gasteiger partial charge in [0.15, 0.2) is 11.5 Å². The maximum Gasteiger partial charge on any atom is 0.231 e. The van der Waals surface area contributed by atoms with Crippen LogP contribution in [-0.2, 0) is 17.9 Å². The smallest absolute Gasteiger partial charge is 0.231 e. The van der Waals surface area contributed by atoms with E-state index in [0.717, 1.165) is 33.3 Å². The summed E-state index contributed by atoms with van der Waals surface area (Å²) in [4.78, 5) is 18.9. The average molecular weight is 397 g/mol. The van der Waals surface area contributed by atoms with Crippen LogP contribution < -0.4 is 9.47 Å². The van der Waals surface area contributed by atoms with E-state index in [1.807, 2.05) is 50.2 Å². The van der Waals surface area contributed by atoms with E-state index < -0.39 is 0 Å². The summed E-state index contributed by atoms with van der Waals surface area (Å²) in [6, 6.07) is 13.8. The molecular weight excluding hydrogens is 376 g/mol. The SMILES string of the molecule is CCC(=O)N(Cc1ccc2c(c1)OCO2)Cc1cc2cc(C)ccc2nc1Cl. The Bertz CT molecular complexity index is 1050. The van der Waals surface area contributed by atoms with Crippen molar-refractivity contribution in [3.05, 3.63) is 64.3 Å². The Morgan fingerprint density at radius 3 is 2.75 bits per heavy atom. The third kappa shape index (κ3) is 3.76. The van der Waals surface area contributed by atoms with Crippen molar-refractivity contribution in [1.29, 1.82) is 0 Å². The molecule has 0 N–H and O–H groups in total. The number of fused-ring (bicyclic) bond motifs is 2. The Hall–Kier alpha value is -2.79. The quantitative estimate of drug-likeness (QED) is 0.577. The molecule has 3 aromatic rings. The van der Waals surface area contributed by atoms with Crippen molar-refractivity contribution in [3.63, 3.8) is 0 Å². The maximum atomic E-state index is 12.6. The van der Waals surface area contributed by atoms with Gasteiger partial charge in [-0.25, -0.2) is 4.98 Å². The Kier molecular flexibility index (Phi) is 5.09. The molecule has 0 saturated carbocycles. The molecule has 2 aromatic carbocycles. The molecule has 4 rings (SSSR count). The minimum Gasteiger partial charge on any atom is -0.454 e. The second-order valence-electron chi connectivity index (χ2n) is 6.93. The molecule has 0 atom stereocenters. The maximum absolute atomic E-state index is 12.6. The predicted octanol–water partition coefficient (Wildman–Crippen LogP) is 4.86. The lowest BCUT2D eigenvalue weighted by atomic mass is 10.1. The van der Waals surface area contributed by atoms with Gasteiger partial charge >= 0.3 is 0 Å². The highest BCUT2D eigenvalue weighted by atomic mass is 35.5. The molecule has 5 nitrogen and oxygen atoms in total. The number of carbonyl (C=O) groups excluding carboxylic acids is 1. The molecule has 0 radical (unpaired) electrons. The molecule has 144 valence electrons. The van der Waals surface area contributed by atoms with Gasteiger partial charge in [0.25, 0.3) is 0 Å². The summed E-state index contributed by atoms with van der Waals surface area (Å²) in [7, 11) is 0. The van der Waals surface area contributed by atoms with Crippen LogP contribution in [0.15, 0.2) is 42.5 Å². The minimum atomic E-state index is 0.0538. The molecule has 1 aromatic heterocycles. The summed E-state index contributed by atoms with van der Waals surface area (Å²) in [6.07, 6.45) is 0.419. The summed E-state index contributed by atoms with van der Waals surface area (Å²) in [5, 5.41) is 1.45. The van der Waals surface area contributed by atoms with E-state index in [2.05, 4.69) is 11.1 Å². The van der Waals surface area contributed by atoms with Crippen molar-refractivity contribution in [3.8, 4) is 11.5 Å². The number of pyridine rings is 1. The normalized spacial score (nSPS) is 12.4. The first kappa shape index (κ1) is 18.6. The van der Waals surface area contributed by atoms with E-state index >= 15 is 0 Å². The number of hydrogen-bond acceptors (Lipinski definition) is 4. The largest absolute Gasteiger partial charge is 0.454 e. The molecule has 0 bridgehead atoms. The molecule has 28 heavy (non-hydrogen) atoms. The summed E-state index contributed by atoms with van der Waals surface area (Å²) < 4.78 is 10.8. The van der Waals surface area contributed by atoms with E-state index in [0.29, 0.717) is 30.4 Å². The molecular formula is C22H21ClN2O3. The highest BCUT2D eigenvalue weighted by molar-refractivity contribution is 6.30. The number of aryl methyl sites for hydroxylation is 1. The van der Waals surface area contributed by atoms with Crippen molar-refractivity contribution >= 4 is 28.4 Å². The zero-order chi connectivity index (χ0) is 19.7. The van der Waals surface area contributed by atoms with Gasteiger partial charge in [-0.05, 0) is 42.8 Å². The third-order valence-electron chi connectivity index (χ3n) is 4.82. The number of rotatable bonds is 5. The first-order valence-corrected chi connectivity index (χ1v) is 9.63. The van der Waals surface area contributed by atoms with Crippen LogP contribution in [0.5, 0.6) is 11.5 Å². The molecule has 6 heteroatoms. The van der Waals surface area contributed by atoms with Crippen LogP contribution >= 0.6 is 11.6 Å². The minimum absolute atomic E-state index is 0.0538. The number of amides is 1. The van der Waals surface area contributed by atoms with E-state index in [4.69, 9.17) is 21.1 Å². The molecule has 0 spiro atoms. The number of ether oxygens (including phenoxy) is 2. The molecule has 0 saturated heterocycles. The molecule has 0 aliphatic carbocycles. The van der Waals surface area contributed by atoms with Crippen LogP contribution in [0.2, 0.25) is 5.15 Å². The van der Waals surface area contributed by atoms with Crippen LogP contribution in [0.1, 0.15) is 30.0 Å². The van der Waals surface area contributed by atoms with Crippen LogP contribution in [0.3, 0.4) is 0 Å². The van der Waals surface area contributed by atoms with Crippen molar-refractivity contribution in [2.75, 3.05) is 6.79 Å². The van der Waals surface area contributed by atoms with Gasteiger partial charge in [0.05, 0.1) is 5.52 Å². The summed E-state index contributed by atoms with van der Waals surface area (Å²) >= 11 is 6.43. The Balaban J connectivity index is 1.62. The fraction of sp³-hybridized carbons (Fsp3) is 0.273. The topological polar surface area (TPSA) is 51.7 Å². The van der Waals surface area contributed by atoms with Crippen molar-refractivity contribution in [2.24, 2.45) is 0 Å². The fourth-order valence-corrected chi connectivity index (χ4v) is 3.55.